The van der Waals surface area contributed by atoms with Gasteiger partial charge in [-0.15, -0.1) is 11.3 Å². The Kier molecular flexibility index (Phi) is 3.74. The van der Waals surface area contributed by atoms with Gasteiger partial charge in [0, 0.05) is 15.1 Å². The molecule has 0 aliphatic carbocycles. The highest BCUT2D eigenvalue weighted by atomic mass is 35.5. The van der Waals surface area contributed by atoms with E-state index in [-0.39, 0.29) is 5.56 Å². The molecule has 0 saturated heterocycles. The average molecular weight is 368 g/mol. The SMILES string of the molecule is Cc1c(-c2cc(C(=O)O)c3cc(Cl)cc(C)c3n2)sc2ccccc12. The van der Waals surface area contributed by atoms with Gasteiger partial charge in [-0.25, -0.2) is 9.78 Å². The third-order valence-corrected chi connectivity index (χ3v) is 5.89. The van der Waals surface area contributed by atoms with Crippen LogP contribution in [0.25, 0.3) is 31.6 Å². The number of carbonyl (C=O) groups is 1. The summed E-state index contributed by atoms with van der Waals surface area (Å²) < 4.78 is 1.17. The van der Waals surface area contributed by atoms with Crippen molar-refractivity contribution in [2.24, 2.45) is 0 Å². The smallest absolute Gasteiger partial charge is 0.336 e. The molecule has 2 aromatic heterocycles. The molecule has 0 fully saturated rings. The van der Waals surface area contributed by atoms with E-state index < -0.39 is 5.97 Å². The molecular formula is C20H14ClNO2S. The van der Waals surface area contributed by atoms with Gasteiger partial charge in [0.2, 0.25) is 0 Å². The minimum absolute atomic E-state index is 0.224. The predicted molar refractivity (Wildman–Crippen MR) is 104 cm³/mol. The van der Waals surface area contributed by atoms with Gasteiger partial charge in [-0.05, 0) is 54.6 Å². The van der Waals surface area contributed by atoms with Crippen LogP contribution in [-0.2, 0) is 0 Å². The predicted octanol–water partition coefficient (Wildman–Crippen LogP) is 6.08. The zero-order valence-corrected chi connectivity index (χ0v) is 15.2. The monoisotopic (exact) mass is 367 g/mol. The number of aromatic nitrogens is 1. The number of rotatable bonds is 2. The molecule has 1 N–H and O–H groups in total. The van der Waals surface area contributed by atoms with Crippen LogP contribution in [0.3, 0.4) is 0 Å². The van der Waals surface area contributed by atoms with Crippen LogP contribution >= 0.6 is 22.9 Å². The number of thiophene rings is 1. The molecule has 0 unspecified atom stereocenters. The normalized spacial score (nSPS) is 11.3. The van der Waals surface area contributed by atoms with Crippen molar-refractivity contribution >= 4 is 49.9 Å². The summed E-state index contributed by atoms with van der Waals surface area (Å²) in [6.07, 6.45) is 0. The molecule has 2 heterocycles. The van der Waals surface area contributed by atoms with E-state index in [4.69, 9.17) is 16.6 Å². The second kappa shape index (κ2) is 5.83. The number of carboxylic acids is 1. The van der Waals surface area contributed by atoms with E-state index in [1.54, 1.807) is 23.5 Å². The van der Waals surface area contributed by atoms with Crippen LogP contribution in [0, 0.1) is 13.8 Å². The quantitative estimate of drug-likeness (QED) is 0.466. The maximum atomic E-state index is 11.8. The second-order valence-corrected chi connectivity index (χ2v) is 7.52. The van der Waals surface area contributed by atoms with E-state index in [0.29, 0.717) is 21.6 Å². The van der Waals surface area contributed by atoms with Crippen LogP contribution in [-0.4, -0.2) is 16.1 Å². The number of hydrogen-bond acceptors (Lipinski definition) is 3. The van der Waals surface area contributed by atoms with E-state index in [1.807, 2.05) is 25.1 Å². The van der Waals surface area contributed by atoms with Crippen molar-refractivity contribution < 1.29 is 9.90 Å². The van der Waals surface area contributed by atoms with E-state index in [0.717, 1.165) is 16.0 Å². The lowest BCUT2D eigenvalue weighted by atomic mass is 10.0. The number of fused-ring (bicyclic) bond motifs is 2. The van der Waals surface area contributed by atoms with Gasteiger partial charge >= 0.3 is 5.97 Å². The largest absolute Gasteiger partial charge is 0.478 e. The van der Waals surface area contributed by atoms with E-state index in [9.17, 15) is 9.90 Å². The van der Waals surface area contributed by atoms with Crippen molar-refractivity contribution in [3.63, 3.8) is 0 Å². The number of aromatic carboxylic acids is 1. The summed E-state index contributed by atoms with van der Waals surface area (Å²) in [4.78, 5) is 17.6. The number of nitrogens with zero attached hydrogens (tertiary/aromatic N) is 1. The fourth-order valence-corrected chi connectivity index (χ4v) is 4.61. The van der Waals surface area contributed by atoms with Crippen molar-refractivity contribution in [2.75, 3.05) is 0 Å². The number of pyridine rings is 1. The summed E-state index contributed by atoms with van der Waals surface area (Å²) in [7, 11) is 0. The molecule has 0 radical (unpaired) electrons. The average Bonchev–Trinajstić information content (AvgIpc) is 2.91. The molecule has 0 bridgehead atoms. The third-order valence-electron chi connectivity index (χ3n) is 4.38. The van der Waals surface area contributed by atoms with Crippen molar-refractivity contribution in [3.05, 3.63) is 64.2 Å². The summed E-state index contributed by atoms with van der Waals surface area (Å²) in [5, 5.41) is 11.9. The fraction of sp³-hybridized carbons (Fsp3) is 0.100. The molecule has 2 aromatic carbocycles. The molecule has 124 valence electrons. The van der Waals surface area contributed by atoms with Crippen LogP contribution in [0.2, 0.25) is 5.02 Å². The van der Waals surface area contributed by atoms with Gasteiger partial charge in [0.1, 0.15) is 0 Å². The lowest BCUT2D eigenvalue weighted by Crippen LogP contribution is -2.01. The Labute approximate surface area is 153 Å². The highest BCUT2D eigenvalue weighted by Gasteiger charge is 2.18. The van der Waals surface area contributed by atoms with Crippen LogP contribution in [0.4, 0.5) is 0 Å². The van der Waals surface area contributed by atoms with Gasteiger partial charge < -0.3 is 5.11 Å². The van der Waals surface area contributed by atoms with Crippen molar-refractivity contribution in [3.8, 4) is 10.6 Å². The van der Waals surface area contributed by atoms with E-state index in [1.165, 1.54) is 10.1 Å². The first-order valence-corrected chi connectivity index (χ1v) is 8.98. The Hall–Kier alpha value is -2.43. The van der Waals surface area contributed by atoms with Gasteiger partial charge in [0.05, 0.1) is 21.7 Å². The highest BCUT2D eigenvalue weighted by molar-refractivity contribution is 7.22. The molecule has 0 saturated carbocycles. The van der Waals surface area contributed by atoms with Gasteiger partial charge in [-0.2, -0.15) is 0 Å². The Bertz CT molecular complexity index is 1160. The highest BCUT2D eigenvalue weighted by Crippen LogP contribution is 2.39. The number of benzene rings is 2. The van der Waals surface area contributed by atoms with Crippen LogP contribution in [0.1, 0.15) is 21.5 Å². The second-order valence-electron chi connectivity index (χ2n) is 6.03. The molecule has 0 aliphatic rings. The Morgan fingerprint density at radius 2 is 1.88 bits per heavy atom. The molecule has 4 rings (SSSR count). The van der Waals surface area contributed by atoms with Gasteiger partial charge in [0.15, 0.2) is 0 Å². The summed E-state index contributed by atoms with van der Waals surface area (Å²) in [6.45, 7) is 3.95. The number of aryl methyl sites for hydroxylation is 2. The van der Waals surface area contributed by atoms with Crippen molar-refractivity contribution in [2.45, 2.75) is 13.8 Å². The van der Waals surface area contributed by atoms with Crippen LogP contribution in [0.5, 0.6) is 0 Å². The molecule has 25 heavy (non-hydrogen) atoms. The molecule has 0 aliphatic heterocycles. The third kappa shape index (κ3) is 2.58. The molecule has 3 nitrogen and oxygen atoms in total. The first-order valence-electron chi connectivity index (χ1n) is 7.78. The summed E-state index contributed by atoms with van der Waals surface area (Å²) in [5.41, 5.74) is 3.58. The topological polar surface area (TPSA) is 50.2 Å². The van der Waals surface area contributed by atoms with Crippen molar-refractivity contribution in [1.29, 1.82) is 0 Å². The van der Waals surface area contributed by atoms with Crippen LogP contribution < -0.4 is 0 Å². The molecule has 0 spiro atoms. The lowest BCUT2D eigenvalue weighted by molar-refractivity contribution is 0.0699. The minimum atomic E-state index is -0.978. The maximum Gasteiger partial charge on any atom is 0.336 e. The molecule has 0 atom stereocenters. The summed E-state index contributed by atoms with van der Waals surface area (Å²) in [5.74, 6) is -0.978. The number of halogens is 1. The Morgan fingerprint density at radius 1 is 1.12 bits per heavy atom. The molecule has 5 heteroatoms. The van der Waals surface area contributed by atoms with E-state index >= 15 is 0 Å². The maximum absolute atomic E-state index is 11.8. The van der Waals surface area contributed by atoms with Gasteiger partial charge in [0.25, 0.3) is 0 Å². The Balaban J connectivity index is 2.08. The zero-order chi connectivity index (χ0) is 17.7. The van der Waals surface area contributed by atoms with E-state index in [2.05, 4.69) is 19.1 Å². The number of hydrogen-bond donors (Lipinski definition) is 1. The minimum Gasteiger partial charge on any atom is -0.478 e. The first-order chi connectivity index (χ1) is 12.0. The standard InChI is InChI=1S/C20H14ClNO2S/c1-10-7-12(21)8-14-15(20(23)24)9-16(22-18(10)14)19-11(2)13-5-3-4-6-17(13)25-19/h3-9H,1-2H3,(H,23,24). The molecule has 0 amide bonds. The van der Waals surface area contributed by atoms with Crippen molar-refractivity contribution in [1.82, 2.24) is 4.98 Å². The lowest BCUT2D eigenvalue weighted by Gasteiger charge is -2.09. The fourth-order valence-electron chi connectivity index (χ4n) is 3.17. The summed E-state index contributed by atoms with van der Waals surface area (Å²) >= 11 is 7.75. The Morgan fingerprint density at radius 3 is 2.60 bits per heavy atom. The first kappa shape index (κ1) is 16.1. The van der Waals surface area contributed by atoms with Crippen LogP contribution in [0.15, 0.2) is 42.5 Å². The molecular weight excluding hydrogens is 354 g/mol. The molecule has 4 aromatic rings. The summed E-state index contributed by atoms with van der Waals surface area (Å²) in [6, 6.07) is 13.3. The van der Waals surface area contributed by atoms with Gasteiger partial charge in [-0.3, -0.25) is 0 Å². The number of carboxylic acid groups (broad SMARTS) is 1. The van der Waals surface area contributed by atoms with Gasteiger partial charge in [-0.1, -0.05) is 29.8 Å². The zero-order valence-electron chi connectivity index (χ0n) is 13.6.